The molecule has 4 amide bonds. The zero-order valence-corrected chi connectivity index (χ0v) is 54.3. The highest BCUT2D eigenvalue weighted by atomic mass is 16.8. The highest BCUT2D eigenvalue weighted by molar-refractivity contribution is 5.74. The molecule has 0 spiro atoms. The van der Waals surface area contributed by atoms with E-state index in [0.29, 0.717) is 0 Å². The number of aliphatic hydroxyl groups is 22. The first-order valence-electron chi connectivity index (χ1n) is 32.1. The van der Waals surface area contributed by atoms with Crippen LogP contribution in [0.25, 0.3) is 0 Å². The van der Waals surface area contributed by atoms with Crippen molar-refractivity contribution in [3.05, 3.63) is 0 Å². The minimum absolute atomic E-state index is 0.739. The summed E-state index contributed by atoms with van der Waals surface area (Å²) in [7, 11) is 0. The van der Waals surface area contributed by atoms with Crippen LogP contribution < -0.4 is 21.3 Å². The molecule has 0 aromatic rings. The third-order valence-electron chi connectivity index (χ3n) is 18.3. The van der Waals surface area contributed by atoms with Crippen LogP contribution in [-0.4, -0.2) is 434 Å². The van der Waals surface area contributed by atoms with E-state index in [1.807, 2.05) is 0 Å². The van der Waals surface area contributed by atoms with E-state index in [9.17, 15) is 132 Å². The molecule has 8 aliphatic heterocycles. The van der Waals surface area contributed by atoms with Crippen LogP contribution in [0.1, 0.15) is 27.7 Å². The Kier molecular flexibility index (Phi) is 29.9. The Balaban J connectivity index is 0.979. The highest BCUT2D eigenvalue weighted by Gasteiger charge is 2.60. The smallest absolute Gasteiger partial charge is 0.217 e. The Morgan fingerprint density at radius 2 is 0.446 bits per heavy atom. The monoisotopic (exact) mass is 1480 g/mol. The molecule has 45 heteroatoms. The fraction of sp³-hybridized carbons (Fsp3) is 0.929. The molecule has 0 saturated carbocycles. The van der Waals surface area contributed by atoms with Gasteiger partial charge in [-0.2, -0.15) is 0 Å². The Morgan fingerprint density at radius 1 is 0.238 bits per heavy atom. The maximum absolute atomic E-state index is 12.9. The molecule has 8 fully saturated rings. The highest BCUT2D eigenvalue weighted by Crippen LogP contribution is 2.39. The van der Waals surface area contributed by atoms with Gasteiger partial charge >= 0.3 is 0 Å². The van der Waals surface area contributed by atoms with Crippen LogP contribution in [0.2, 0.25) is 0 Å². The van der Waals surface area contributed by atoms with Crippen LogP contribution in [0.15, 0.2) is 0 Å². The molecular formula is C56H94N4O41. The van der Waals surface area contributed by atoms with Gasteiger partial charge in [0.2, 0.25) is 23.6 Å². The van der Waals surface area contributed by atoms with Crippen molar-refractivity contribution in [2.75, 3.05) is 52.9 Å². The lowest BCUT2D eigenvalue weighted by atomic mass is 9.93. The summed E-state index contributed by atoms with van der Waals surface area (Å²) in [5, 5.41) is 251. The molecule has 26 N–H and O–H groups in total. The van der Waals surface area contributed by atoms with Crippen LogP contribution in [0.3, 0.4) is 0 Å². The summed E-state index contributed by atoms with van der Waals surface area (Å²) >= 11 is 0. The quantitative estimate of drug-likeness (QED) is 0.0382. The van der Waals surface area contributed by atoms with Gasteiger partial charge in [0.15, 0.2) is 50.3 Å². The summed E-state index contributed by atoms with van der Waals surface area (Å²) in [6.07, 6.45) is -71.1. The molecule has 8 heterocycles. The lowest BCUT2D eigenvalue weighted by molar-refractivity contribution is -0.389. The first-order valence-corrected chi connectivity index (χ1v) is 32.1. The number of hydrogen-bond donors (Lipinski definition) is 26. The lowest BCUT2D eigenvalue weighted by Crippen LogP contribution is -2.71. The van der Waals surface area contributed by atoms with Crippen molar-refractivity contribution in [3.8, 4) is 0 Å². The Labute approximate surface area is 572 Å². The second-order valence-electron chi connectivity index (χ2n) is 25.3. The van der Waals surface area contributed by atoms with E-state index in [4.69, 9.17) is 71.1 Å². The molecule has 8 aliphatic rings. The van der Waals surface area contributed by atoms with Gasteiger partial charge in [-0.25, -0.2) is 0 Å². The number of aliphatic hydroxyl groups excluding tert-OH is 22. The van der Waals surface area contributed by atoms with E-state index in [0.717, 1.165) is 27.7 Å². The molecule has 0 radical (unpaired) electrons. The van der Waals surface area contributed by atoms with Crippen LogP contribution in [0, 0.1) is 0 Å². The Hall–Kier alpha value is -3.60. The van der Waals surface area contributed by atoms with Crippen molar-refractivity contribution in [1.29, 1.82) is 0 Å². The molecule has 0 bridgehead atoms. The fourth-order valence-electron chi connectivity index (χ4n) is 13.1. The van der Waals surface area contributed by atoms with Gasteiger partial charge in [0.05, 0.1) is 52.9 Å². The van der Waals surface area contributed by atoms with Crippen molar-refractivity contribution in [3.63, 3.8) is 0 Å². The first-order chi connectivity index (χ1) is 47.8. The zero-order chi connectivity index (χ0) is 74.5. The normalized spacial score (nSPS) is 48.3. The van der Waals surface area contributed by atoms with Crippen molar-refractivity contribution in [2.24, 2.45) is 0 Å². The molecule has 0 aromatic carbocycles. The van der Waals surface area contributed by atoms with Gasteiger partial charge in [0.1, 0.15) is 195 Å². The van der Waals surface area contributed by atoms with E-state index in [1.54, 1.807) is 0 Å². The zero-order valence-electron chi connectivity index (χ0n) is 54.3. The van der Waals surface area contributed by atoms with Gasteiger partial charge in [-0.1, -0.05) is 0 Å². The molecule has 45 nitrogen and oxygen atoms in total. The SMILES string of the molecule is CC(=O)N[C@H]1[C@H](O[C@@H]2[C@@H](O)[C@@H](CO)O[C@@H](O[C@H]3[C@H](O)[C@@H](NC(C)=O)[C@H](O[C@H]4[C@@H](O)[C@@H](CO)O[C@@H](O[C@H]5[C@H](O)[C@@H](NC(C)=O)[C@H](O[C@H]6[C@@H](O)[C@@H](CO)O[C@@H](O[C@H]7[C@H](O)[C@@H](NC(C)=O)C(O)O[C@@H]7CO)[C@@H]6O)O[C@@H]5CO)[C@@H]4O)O[C@@H]3CO)[C@@H]2O)O[C@H](CO)[C@@H](O[C@@H]2O[C@H](CO)[C@H](O)[C@H](O)[C@@H]2O)[C@@H]1O. The third-order valence-corrected chi connectivity index (χ3v) is 18.3. The average molecular weight is 1480 g/mol. The minimum Gasteiger partial charge on any atom is -0.394 e. The summed E-state index contributed by atoms with van der Waals surface area (Å²) in [5.74, 6) is -3.45. The maximum atomic E-state index is 12.9. The van der Waals surface area contributed by atoms with E-state index < -0.39 is 322 Å². The van der Waals surface area contributed by atoms with E-state index in [-0.39, 0.29) is 0 Å². The van der Waals surface area contributed by atoms with Crippen LogP contribution in [-0.2, 0) is 90.2 Å². The van der Waals surface area contributed by atoms with Crippen LogP contribution in [0.5, 0.6) is 0 Å². The van der Waals surface area contributed by atoms with Crippen LogP contribution >= 0.6 is 0 Å². The number of hydrogen-bond acceptors (Lipinski definition) is 41. The Bertz CT molecular complexity index is 2640. The van der Waals surface area contributed by atoms with Gasteiger partial charge in [-0.05, 0) is 0 Å². The molecule has 1 unspecified atom stereocenters. The van der Waals surface area contributed by atoms with Gasteiger partial charge in [-0.15, -0.1) is 0 Å². The van der Waals surface area contributed by atoms with E-state index >= 15 is 0 Å². The maximum Gasteiger partial charge on any atom is 0.217 e. The average Bonchev–Trinajstić information content (AvgIpc) is 0.771. The topological polar surface area (TPSA) is 700 Å². The first kappa shape index (κ1) is 83.0. The number of rotatable bonds is 26. The number of ether oxygens (including phenoxy) is 15. The van der Waals surface area contributed by atoms with Gasteiger partial charge in [0.25, 0.3) is 0 Å². The lowest BCUT2D eigenvalue weighted by Gasteiger charge is -2.51. The van der Waals surface area contributed by atoms with Gasteiger partial charge in [-0.3, -0.25) is 19.2 Å². The summed E-state index contributed by atoms with van der Waals surface area (Å²) in [6.45, 7) is -4.39. The van der Waals surface area contributed by atoms with E-state index in [1.165, 1.54) is 0 Å². The largest absolute Gasteiger partial charge is 0.394 e. The second kappa shape index (κ2) is 36.3. The standard InChI is InChI=1S/C56H94N4O41/c1-13(69)57-25-33(77)42(21(9-65)87-49(25)86)96-54-39(83)46(30(74)18(6-62)89-54)99-51-27(59-15(3)71)35(79)44(23(11-67)93-51)98-56-41(85)48(32(76)20(8-64)91-56)101-52-28(60-16(4)72)36(80)45(24(12-68)94-52)97-55-40(84)47(31(75)19(7-63)90-55)100-50-26(58-14(2)70)34(78)43(22(10-66)92-50)95-53-38(82)37(81)29(73)17(5-61)88-53/h17-56,61-68,73-86H,5-12H2,1-4H3,(H,57,69)(H,58,70)(H,59,71)(H,60,72)/t17-,18-,19-,20-,21-,22-,23-,24-,25-,26-,27-,28-,29+,30+,31+,32+,33-,34-,35-,36-,37+,38+,39-,40-,41-,42-,43-,44-,45-,46+,47-,48+,49?,50+,51+,52+,53+,54+,55+,56+/m1/s1. The minimum atomic E-state index is -2.33. The van der Waals surface area contributed by atoms with Crippen molar-refractivity contribution in [1.82, 2.24) is 21.3 Å². The predicted molar refractivity (Wildman–Crippen MR) is 311 cm³/mol. The third kappa shape index (κ3) is 18.3. The summed E-state index contributed by atoms with van der Waals surface area (Å²) < 4.78 is 87.1. The molecule has 8 saturated heterocycles. The second-order valence-corrected chi connectivity index (χ2v) is 25.3. The molecular weight excluding hydrogens is 1380 g/mol. The fourth-order valence-corrected chi connectivity index (χ4v) is 13.1. The van der Waals surface area contributed by atoms with E-state index in [2.05, 4.69) is 21.3 Å². The summed E-state index contributed by atoms with van der Waals surface area (Å²) in [6, 6.07) is -7.16. The van der Waals surface area contributed by atoms with Crippen molar-refractivity contribution < 1.29 is 203 Å². The Morgan fingerprint density at radius 3 is 0.703 bits per heavy atom. The van der Waals surface area contributed by atoms with Crippen LogP contribution in [0.4, 0.5) is 0 Å². The molecule has 101 heavy (non-hydrogen) atoms. The molecule has 0 aromatic heterocycles. The molecule has 0 aliphatic carbocycles. The van der Waals surface area contributed by atoms with Gasteiger partial charge < -0.3 is 205 Å². The molecule has 8 rings (SSSR count). The van der Waals surface area contributed by atoms with Crippen molar-refractivity contribution in [2.45, 2.75) is 273 Å². The number of amides is 4. The predicted octanol–water partition coefficient (Wildman–Crippen LogP) is -17.9. The number of carbonyl (C=O) groups is 4. The number of carbonyl (C=O) groups excluding carboxylic acids is 4. The summed E-state index contributed by atoms with van der Waals surface area (Å²) in [5.41, 5.74) is 0. The number of nitrogens with one attached hydrogen (secondary N) is 4. The molecule has 584 valence electrons. The summed E-state index contributed by atoms with van der Waals surface area (Å²) in [4.78, 5) is 50.2. The van der Waals surface area contributed by atoms with Gasteiger partial charge in [0, 0.05) is 27.7 Å². The molecule has 40 atom stereocenters. The van der Waals surface area contributed by atoms with Crippen molar-refractivity contribution >= 4 is 23.6 Å².